The van der Waals surface area contributed by atoms with Gasteiger partial charge in [0.25, 0.3) is 17.0 Å². The van der Waals surface area contributed by atoms with Crippen LogP contribution in [0.3, 0.4) is 0 Å². The zero-order valence-electron chi connectivity index (χ0n) is 17.1. The fraction of sp³-hybridized carbons (Fsp3) is 0.522. The van der Waals surface area contributed by atoms with Crippen molar-refractivity contribution < 1.29 is 4.79 Å². The van der Waals surface area contributed by atoms with Gasteiger partial charge < -0.3 is 14.0 Å². The van der Waals surface area contributed by atoms with Gasteiger partial charge in [0.1, 0.15) is 5.56 Å². The van der Waals surface area contributed by atoms with Crippen molar-refractivity contribution in [1.29, 1.82) is 0 Å². The van der Waals surface area contributed by atoms with Gasteiger partial charge in [-0.1, -0.05) is 6.07 Å². The number of pyridine rings is 2. The Morgan fingerprint density at radius 1 is 1.10 bits per heavy atom. The van der Waals surface area contributed by atoms with Gasteiger partial charge in [0.05, 0.1) is 0 Å². The predicted octanol–water partition coefficient (Wildman–Crippen LogP) is 2.30. The summed E-state index contributed by atoms with van der Waals surface area (Å²) in [5, 5.41) is 0. The van der Waals surface area contributed by atoms with Crippen molar-refractivity contribution in [3.8, 4) is 0 Å². The van der Waals surface area contributed by atoms with Gasteiger partial charge in [-0.05, 0) is 62.6 Å². The lowest BCUT2D eigenvalue weighted by Gasteiger charge is -2.42. The van der Waals surface area contributed by atoms with E-state index >= 15 is 0 Å². The summed E-state index contributed by atoms with van der Waals surface area (Å²) in [5.74, 6) is 0.823. The van der Waals surface area contributed by atoms with Crippen molar-refractivity contribution >= 4 is 5.91 Å². The Kier molecular flexibility index (Phi) is 4.26. The molecule has 6 nitrogen and oxygen atoms in total. The maximum atomic E-state index is 13.5. The Morgan fingerprint density at radius 3 is 2.66 bits per heavy atom. The monoisotopic (exact) mass is 393 g/mol. The lowest BCUT2D eigenvalue weighted by molar-refractivity contribution is 0.0591. The van der Waals surface area contributed by atoms with Gasteiger partial charge in [-0.25, -0.2) is 0 Å². The molecule has 2 bridgehead atoms. The second kappa shape index (κ2) is 6.71. The Bertz CT molecular complexity index is 1110. The molecule has 152 valence electrons. The minimum atomic E-state index is -0.154. The molecule has 29 heavy (non-hydrogen) atoms. The van der Waals surface area contributed by atoms with E-state index in [9.17, 15) is 14.4 Å². The van der Waals surface area contributed by atoms with Crippen molar-refractivity contribution in [2.45, 2.75) is 52.1 Å². The normalized spacial score (nSPS) is 23.0. The Morgan fingerprint density at radius 2 is 1.90 bits per heavy atom. The fourth-order valence-corrected chi connectivity index (χ4v) is 5.19. The zero-order chi connectivity index (χ0) is 20.3. The number of hydrogen-bond acceptors (Lipinski definition) is 3. The van der Waals surface area contributed by atoms with E-state index in [1.807, 2.05) is 35.4 Å². The van der Waals surface area contributed by atoms with E-state index in [-0.39, 0.29) is 28.9 Å². The highest BCUT2D eigenvalue weighted by atomic mass is 16.2. The van der Waals surface area contributed by atoms with E-state index in [4.69, 9.17) is 0 Å². The number of aryl methyl sites for hydroxylation is 2. The van der Waals surface area contributed by atoms with Crippen LogP contribution < -0.4 is 11.1 Å². The molecule has 1 aliphatic carbocycles. The molecule has 0 aromatic carbocycles. The van der Waals surface area contributed by atoms with Gasteiger partial charge in [-0.15, -0.1) is 0 Å². The largest absolute Gasteiger partial charge is 0.337 e. The zero-order valence-corrected chi connectivity index (χ0v) is 17.1. The summed E-state index contributed by atoms with van der Waals surface area (Å²) in [5.41, 5.74) is 2.91. The number of nitrogens with zero attached hydrogens (tertiary/aromatic N) is 3. The van der Waals surface area contributed by atoms with Gasteiger partial charge in [0, 0.05) is 49.6 Å². The second-order valence-corrected chi connectivity index (χ2v) is 9.11. The van der Waals surface area contributed by atoms with E-state index in [2.05, 4.69) is 0 Å². The molecule has 2 fully saturated rings. The molecule has 0 radical (unpaired) electrons. The van der Waals surface area contributed by atoms with Gasteiger partial charge in [-0.2, -0.15) is 0 Å². The first-order valence-corrected chi connectivity index (χ1v) is 10.6. The standard InChI is InChI=1S/C23H27N3O3/c1-14-8-15(2)25(11-16-6-7-16)23(29)21(14)22(28)24-10-17-9-18(13-24)19-4-3-5-20(27)26(19)12-17/h3-5,8,16-18H,6-7,9-13H2,1-2H3. The van der Waals surface area contributed by atoms with Gasteiger partial charge in [-0.3, -0.25) is 14.4 Å². The molecular weight excluding hydrogens is 366 g/mol. The summed E-state index contributed by atoms with van der Waals surface area (Å²) >= 11 is 0. The lowest BCUT2D eigenvalue weighted by Crippen LogP contribution is -2.50. The topological polar surface area (TPSA) is 64.3 Å². The van der Waals surface area contributed by atoms with Crippen LogP contribution in [0.1, 0.15) is 52.5 Å². The van der Waals surface area contributed by atoms with Crippen molar-refractivity contribution in [1.82, 2.24) is 14.0 Å². The maximum Gasteiger partial charge on any atom is 0.263 e. The molecule has 0 N–H and O–H groups in total. The lowest BCUT2D eigenvalue weighted by atomic mass is 9.83. The molecule has 0 spiro atoms. The van der Waals surface area contributed by atoms with Gasteiger partial charge in [0.15, 0.2) is 0 Å². The van der Waals surface area contributed by atoms with E-state index in [1.165, 1.54) is 0 Å². The highest BCUT2D eigenvalue weighted by molar-refractivity contribution is 5.95. The summed E-state index contributed by atoms with van der Waals surface area (Å²) in [6, 6.07) is 7.37. The number of carbonyl (C=O) groups excluding carboxylic acids is 1. The molecule has 5 rings (SSSR count). The van der Waals surface area contributed by atoms with Crippen LogP contribution in [0.25, 0.3) is 0 Å². The van der Waals surface area contributed by atoms with Crippen molar-refractivity contribution in [3.63, 3.8) is 0 Å². The quantitative estimate of drug-likeness (QED) is 0.804. The van der Waals surface area contributed by atoms with Crippen molar-refractivity contribution in [3.05, 3.63) is 67.5 Å². The molecule has 1 amide bonds. The van der Waals surface area contributed by atoms with Crippen LogP contribution in [0.2, 0.25) is 0 Å². The van der Waals surface area contributed by atoms with Crippen LogP contribution in [0, 0.1) is 25.7 Å². The van der Waals surface area contributed by atoms with Crippen LogP contribution in [-0.4, -0.2) is 33.0 Å². The molecule has 4 heterocycles. The molecule has 1 saturated carbocycles. The third-order valence-corrected chi connectivity index (χ3v) is 6.82. The molecular formula is C23H27N3O3. The fourth-order valence-electron chi connectivity index (χ4n) is 5.19. The summed E-state index contributed by atoms with van der Waals surface area (Å²) in [4.78, 5) is 40.7. The van der Waals surface area contributed by atoms with Crippen LogP contribution in [-0.2, 0) is 13.1 Å². The number of fused-ring (bicyclic) bond motifs is 4. The number of amides is 1. The van der Waals surface area contributed by atoms with E-state index in [1.54, 1.807) is 16.7 Å². The van der Waals surface area contributed by atoms with E-state index in [0.717, 1.165) is 36.2 Å². The predicted molar refractivity (Wildman–Crippen MR) is 110 cm³/mol. The minimum absolute atomic E-state index is 0.0364. The van der Waals surface area contributed by atoms with E-state index < -0.39 is 0 Å². The molecule has 2 aromatic rings. The van der Waals surface area contributed by atoms with Gasteiger partial charge in [0.2, 0.25) is 0 Å². The van der Waals surface area contributed by atoms with Crippen LogP contribution in [0.5, 0.6) is 0 Å². The van der Waals surface area contributed by atoms with Gasteiger partial charge >= 0.3 is 0 Å². The molecule has 2 atom stereocenters. The highest BCUT2D eigenvalue weighted by Gasteiger charge is 2.37. The first-order valence-electron chi connectivity index (χ1n) is 10.6. The highest BCUT2D eigenvalue weighted by Crippen LogP contribution is 2.35. The Hall–Kier alpha value is -2.63. The molecule has 2 unspecified atom stereocenters. The molecule has 2 aliphatic heterocycles. The summed E-state index contributed by atoms with van der Waals surface area (Å²) in [7, 11) is 0. The SMILES string of the molecule is Cc1cc(C)n(CC2CC2)c(=O)c1C(=O)N1CC2CC(C1)c1cccc(=O)n1C2. The Labute approximate surface area is 169 Å². The number of likely N-dealkylation sites (tertiary alicyclic amines) is 1. The third kappa shape index (κ3) is 3.15. The van der Waals surface area contributed by atoms with Crippen molar-refractivity contribution in [2.24, 2.45) is 11.8 Å². The third-order valence-electron chi connectivity index (χ3n) is 6.82. The maximum absolute atomic E-state index is 13.5. The molecule has 1 saturated heterocycles. The molecule has 6 heteroatoms. The summed E-state index contributed by atoms with van der Waals surface area (Å²) in [6.07, 6.45) is 3.32. The van der Waals surface area contributed by atoms with Crippen LogP contribution >= 0.6 is 0 Å². The average Bonchev–Trinajstić information content (AvgIpc) is 3.50. The van der Waals surface area contributed by atoms with E-state index in [0.29, 0.717) is 37.7 Å². The smallest absolute Gasteiger partial charge is 0.263 e. The Balaban J connectivity index is 1.48. The first-order chi connectivity index (χ1) is 13.9. The molecule has 3 aliphatic rings. The number of carbonyl (C=O) groups is 1. The summed E-state index contributed by atoms with van der Waals surface area (Å²) in [6.45, 7) is 6.34. The summed E-state index contributed by atoms with van der Waals surface area (Å²) < 4.78 is 3.65. The first kappa shape index (κ1) is 18.4. The number of hydrogen-bond donors (Lipinski definition) is 0. The second-order valence-electron chi connectivity index (χ2n) is 9.11. The number of piperidine rings is 1. The molecule has 2 aromatic heterocycles. The van der Waals surface area contributed by atoms with Crippen LogP contribution in [0.15, 0.2) is 33.9 Å². The minimum Gasteiger partial charge on any atom is -0.337 e. The van der Waals surface area contributed by atoms with Crippen molar-refractivity contribution in [2.75, 3.05) is 13.1 Å². The number of rotatable bonds is 3. The van der Waals surface area contributed by atoms with Crippen LogP contribution in [0.4, 0.5) is 0 Å². The number of aromatic nitrogens is 2. The average molecular weight is 393 g/mol.